The quantitative estimate of drug-likeness (QED) is 0.457. The van der Waals surface area contributed by atoms with Crippen molar-refractivity contribution in [2.45, 2.75) is 44.4 Å². The molecule has 2 aliphatic heterocycles. The number of likely N-dealkylation sites (tertiary alicyclic amines) is 1. The highest BCUT2D eigenvalue weighted by Gasteiger charge is 2.47. The van der Waals surface area contributed by atoms with Gasteiger partial charge in [0.2, 0.25) is 0 Å². The molecule has 1 fully saturated rings. The number of nitrogens with zero attached hydrogens (tertiary/aromatic N) is 2. The number of amides is 1. The lowest BCUT2D eigenvalue weighted by atomic mass is 9.97. The minimum atomic E-state index is -3.47. The summed E-state index contributed by atoms with van der Waals surface area (Å²) >= 11 is 0. The van der Waals surface area contributed by atoms with Crippen molar-refractivity contribution in [3.05, 3.63) is 77.5 Å². The molecule has 0 saturated carbocycles. The van der Waals surface area contributed by atoms with E-state index in [2.05, 4.69) is 22.0 Å². The van der Waals surface area contributed by atoms with Crippen molar-refractivity contribution in [2.24, 2.45) is 11.7 Å². The van der Waals surface area contributed by atoms with E-state index in [0.29, 0.717) is 13.2 Å². The maximum absolute atomic E-state index is 13.8. The molecule has 3 aliphatic rings. The van der Waals surface area contributed by atoms with E-state index in [-0.39, 0.29) is 12.8 Å². The van der Waals surface area contributed by atoms with Gasteiger partial charge in [-0.25, -0.2) is 0 Å². The maximum atomic E-state index is 13.8. The number of hydrogen-bond acceptors (Lipinski definition) is 5. The zero-order valence-corrected chi connectivity index (χ0v) is 22.1. The number of fused-ring (bicyclic) bond motifs is 2. The number of rotatable bonds is 7. The van der Waals surface area contributed by atoms with E-state index in [1.807, 2.05) is 42.5 Å². The first-order valence-corrected chi connectivity index (χ1v) is 13.7. The monoisotopic (exact) mass is 535 g/mol. The van der Waals surface area contributed by atoms with E-state index in [9.17, 15) is 13.6 Å². The maximum Gasteiger partial charge on any atom is 0.327 e. The Morgan fingerprint density at radius 2 is 1.74 bits per heavy atom. The number of carbonyl (C=O) groups is 1. The summed E-state index contributed by atoms with van der Waals surface area (Å²) < 4.78 is 38.6. The van der Waals surface area contributed by atoms with Crippen molar-refractivity contribution in [1.29, 1.82) is 0 Å². The fourth-order valence-corrected chi connectivity index (χ4v) is 5.52. The molecule has 1 aliphatic carbocycles. The van der Waals surface area contributed by atoms with Crippen LogP contribution in [0.15, 0.2) is 60.8 Å². The molecule has 6 nitrogen and oxygen atoms in total. The molecule has 3 aromatic rings. The molecule has 0 bridgehead atoms. The number of aromatic nitrogens is 1. The first-order valence-electron chi connectivity index (χ1n) is 13.7. The minimum Gasteiger partial charge on any atom is -0.486 e. The summed E-state index contributed by atoms with van der Waals surface area (Å²) in [4.78, 5) is 17.7. The third-order valence-electron chi connectivity index (χ3n) is 7.69. The lowest BCUT2D eigenvalue weighted by Gasteiger charge is -2.19. The van der Waals surface area contributed by atoms with Crippen LogP contribution in [0.2, 0.25) is 0 Å². The number of carbonyl (C=O) groups excluding carboxylic acids is 1. The smallest absolute Gasteiger partial charge is 0.327 e. The van der Waals surface area contributed by atoms with Crippen LogP contribution in [0.5, 0.6) is 11.5 Å². The van der Waals surface area contributed by atoms with Crippen LogP contribution in [0.4, 0.5) is 8.78 Å². The summed E-state index contributed by atoms with van der Waals surface area (Å²) in [5, 5.41) is 0. The predicted octanol–water partition coefficient (Wildman–Crippen LogP) is 5.07. The normalized spacial score (nSPS) is 18.3. The average Bonchev–Trinajstić information content (AvgIpc) is 3.64. The minimum absolute atomic E-state index is 0.159. The molecule has 1 aromatic heterocycles. The number of ether oxygens (including phenoxy) is 2. The van der Waals surface area contributed by atoms with Gasteiger partial charge in [-0.05, 0) is 105 Å². The molecular formula is C31H35F2N3O3. The Hall–Kier alpha value is -3.52. The SMILES string of the molecule is NC(=O)C(F)(F)C1Cc2ccc(-c3ccccn3)cc2C1.c1cc2c(cc1CCCN1CCCC1)OCCO2. The second-order valence-corrected chi connectivity index (χ2v) is 10.4. The van der Waals surface area contributed by atoms with Crippen molar-refractivity contribution >= 4 is 5.91 Å². The van der Waals surface area contributed by atoms with E-state index in [4.69, 9.17) is 15.2 Å². The summed E-state index contributed by atoms with van der Waals surface area (Å²) in [5.74, 6) is -4.26. The Kier molecular flexibility index (Phi) is 8.41. The Balaban J connectivity index is 0.000000160. The van der Waals surface area contributed by atoms with Crippen molar-refractivity contribution in [2.75, 3.05) is 32.8 Å². The van der Waals surface area contributed by atoms with Crippen LogP contribution in [0.25, 0.3) is 11.3 Å². The molecular weight excluding hydrogens is 500 g/mol. The zero-order valence-electron chi connectivity index (χ0n) is 22.1. The van der Waals surface area contributed by atoms with Gasteiger partial charge in [0, 0.05) is 17.7 Å². The molecule has 1 saturated heterocycles. The molecule has 0 spiro atoms. The first kappa shape index (κ1) is 27.1. The summed E-state index contributed by atoms with van der Waals surface area (Å²) in [6.45, 7) is 5.16. The molecule has 2 aromatic carbocycles. The zero-order chi connectivity index (χ0) is 27.2. The highest BCUT2D eigenvalue weighted by Crippen LogP contribution is 2.38. The lowest BCUT2D eigenvalue weighted by molar-refractivity contribution is -0.149. The van der Waals surface area contributed by atoms with Gasteiger partial charge in [0.15, 0.2) is 11.5 Å². The second-order valence-electron chi connectivity index (χ2n) is 10.4. The average molecular weight is 536 g/mol. The van der Waals surface area contributed by atoms with Crippen molar-refractivity contribution in [3.63, 3.8) is 0 Å². The molecule has 0 radical (unpaired) electrons. The van der Waals surface area contributed by atoms with Crippen LogP contribution in [0.1, 0.15) is 36.0 Å². The molecule has 3 heterocycles. The molecule has 2 N–H and O–H groups in total. The van der Waals surface area contributed by atoms with Gasteiger partial charge in [-0.2, -0.15) is 8.78 Å². The Labute approximate surface area is 228 Å². The number of alkyl halides is 2. The van der Waals surface area contributed by atoms with E-state index in [0.717, 1.165) is 40.3 Å². The summed E-state index contributed by atoms with van der Waals surface area (Å²) in [6, 6.07) is 17.5. The first-order chi connectivity index (χ1) is 18.9. The van der Waals surface area contributed by atoms with Gasteiger partial charge >= 0.3 is 5.92 Å². The number of aryl methyl sites for hydroxylation is 1. The Morgan fingerprint density at radius 1 is 0.974 bits per heavy atom. The summed E-state index contributed by atoms with van der Waals surface area (Å²) in [7, 11) is 0. The van der Waals surface area contributed by atoms with Gasteiger partial charge < -0.3 is 20.1 Å². The molecule has 1 amide bonds. The number of benzene rings is 2. The van der Waals surface area contributed by atoms with Gasteiger partial charge in [-0.1, -0.05) is 24.3 Å². The third kappa shape index (κ3) is 6.56. The van der Waals surface area contributed by atoms with Crippen LogP contribution in [0.3, 0.4) is 0 Å². The highest BCUT2D eigenvalue weighted by atomic mass is 19.3. The topological polar surface area (TPSA) is 77.7 Å². The predicted molar refractivity (Wildman–Crippen MR) is 146 cm³/mol. The fraction of sp³-hybridized carbons (Fsp3) is 0.419. The van der Waals surface area contributed by atoms with E-state index >= 15 is 0 Å². The summed E-state index contributed by atoms with van der Waals surface area (Å²) in [6.07, 6.45) is 7.15. The summed E-state index contributed by atoms with van der Waals surface area (Å²) in [5.41, 5.74) is 9.53. The molecule has 206 valence electrons. The van der Waals surface area contributed by atoms with Crippen molar-refractivity contribution in [3.8, 4) is 22.8 Å². The van der Waals surface area contributed by atoms with Crippen LogP contribution in [-0.4, -0.2) is 54.6 Å². The van der Waals surface area contributed by atoms with Gasteiger partial charge in [-0.3, -0.25) is 9.78 Å². The van der Waals surface area contributed by atoms with Gasteiger partial charge in [0.1, 0.15) is 13.2 Å². The number of nitrogens with two attached hydrogens (primary N) is 1. The van der Waals surface area contributed by atoms with E-state index in [1.54, 1.807) is 6.20 Å². The molecule has 6 rings (SSSR count). The van der Waals surface area contributed by atoms with Crippen LogP contribution in [0, 0.1) is 5.92 Å². The number of hydrogen-bond donors (Lipinski definition) is 1. The Bertz CT molecular complexity index is 1280. The van der Waals surface area contributed by atoms with Gasteiger partial charge in [-0.15, -0.1) is 0 Å². The number of primary amides is 1. The molecule has 8 heteroatoms. The fourth-order valence-electron chi connectivity index (χ4n) is 5.52. The van der Waals surface area contributed by atoms with E-state index < -0.39 is 17.7 Å². The Morgan fingerprint density at radius 3 is 2.49 bits per heavy atom. The second kappa shape index (κ2) is 12.1. The largest absolute Gasteiger partial charge is 0.486 e. The number of pyridine rings is 1. The van der Waals surface area contributed by atoms with Crippen molar-refractivity contribution in [1.82, 2.24) is 9.88 Å². The van der Waals surface area contributed by atoms with Crippen LogP contribution >= 0.6 is 0 Å². The van der Waals surface area contributed by atoms with Gasteiger partial charge in [0.05, 0.1) is 5.69 Å². The molecule has 39 heavy (non-hydrogen) atoms. The lowest BCUT2D eigenvalue weighted by Crippen LogP contribution is -2.42. The van der Waals surface area contributed by atoms with Gasteiger partial charge in [0.25, 0.3) is 5.91 Å². The molecule has 1 atom stereocenters. The number of halogens is 2. The highest BCUT2D eigenvalue weighted by molar-refractivity contribution is 5.82. The molecule has 1 unspecified atom stereocenters. The van der Waals surface area contributed by atoms with Crippen molar-refractivity contribution < 1.29 is 23.0 Å². The van der Waals surface area contributed by atoms with E-state index in [1.165, 1.54) is 44.5 Å². The van der Waals surface area contributed by atoms with Crippen LogP contribution < -0.4 is 15.2 Å². The third-order valence-corrected chi connectivity index (χ3v) is 7.69. The standard InChI is InChI=1S/C16H14F2N2O.C15H21NO2/c17-16(18,15(19)21)13-8-10-4-5-11(7-12(10)9-13)14-3-1-2-6-20-14;1-2-8-16(7-1)9-3-4-13-5-6-14-15(12-13)18-11-10-17-14/h1-7,13H,8-9H2,(H2,19,21);5-6,12H,1-4,7-11H2. The van der Waals surface area contributed by atoms with Crippen LogP contribution in [-0.2, 0) is 24.1 Å².